The van der Waals surface area contributed by atoms with Crippen LogP contribution in [-0.4, -0.2) is 43.3 Å². The normalized spacial score (nSPS) is 14.3. The lowest BCUT2D eigenvalue weighted by atomic mass is 10.0. The summed E-state index contributed by atoms with van der Waals surface area (Å²) < 4.78 is 47.1. The van der Waals surface area contributed by atoms with E-state index in [1.807, 2.05) is 0 Å². The molecule has 3 heterocycles. The molecule has 4 rings (SSSR count). The standard InChI is InChI=1S/C19H17F3N6O4/c20-12-8-14(22)13(21)6-10(12)5-11(23)7-17(29)26-3-4-27-15(9-26)19(24-25-27)16-1-2-18(32-16)28(30)31/h1-2,6,8,11H,3-5,7,9,23H2/t11-/m1/s1. The van der Waals surface area contributed by atoms with Gasteiger partial charge in [-0.25, -0.2) is 17.9 Å². The third kappa shape index (κ3) is 4.19. The molecule has 1 amide bonds. The molecule has 0 aliphatic carbocycles. The molecule has 168 valence electrons. The van der Waals surface area contributed by atoms with Crippen LogP contribution in [0.3, 0.4) is 0 Å². The highest BCUT2D eigenvalue weighted by atomic mass is 19.2. The van der Waals surface area contributed by atoms with Gasteiger partial charge in [0.2, 0.25) is 5.91 Å². The molecule has 0 spiro atoms. The first-order valence-electron chi connectivity index (χ1n) is 9.56. The summed E-state index contributed by atoms with van der Waals surface area (Å²) in [5, 5.41) is 18.8. The van der Waals surface area contributed by atoms with Crippen molar-refractivity contribution in [1.29, 1.82) is 0 Å². The van der Waals surface area contributed by atoms with Gasteiger partial charge in [0.1, 0.15) is 10.7 Å². The summed E-state index contributed by atoms with van der Waals surface area (Å²) in [5.41, 5.74) is 6.66. The lowest BCUT2D eigenvalue weighted by Crippen LogP contribution is -2.41. The molecule has 1 aliphatic rings. The van der Waals surface area contributed by atoms with Crippen molar-refractivity contribution >= 4 is 11.8 Å². The minimum Gasteiger partial charge on any atom is -0.399 e. The van der Waals surface area contributed by atoms with Gasteiger partial charge in [0.25, 0.3) is 0 Å². The molecular formula is C19H17F3N6O4. The maximum atomic E-state index is 13.8. The molecule has 3 aromatic rings. The number of benzene rings is 1. The number of amides is 1. The van der Waals surface area contributed by atoms with E-state index in [1.54, 1.807) is 4.68 Å². The van der Waals surface area contributed by atoms with Crippen molar-refractivity contribution in [3.05, 3.63) is 63.1 Å². The van der Waals surface area contributed by atoms with Gasteiger partial charge in [-0.1, -0.05) is 5.21 Å². The quantitative estimate of drug-likeness (QED) is 0.346. The SMILES string of the molecule is N[C@@H](CC(=O)N1CCn2nnc(-c3ccc([N+](=O)[O-])o3)c2C1)Cc1cc(F)c(F)cc1F. The second-order valence-corrected chi connectivity index (χ2v) is 7.34. The zero-order valence-corrected chi connectivity index (χ0v) is 16.5. The predicted octanol–water partition coefficient (Wildman–Crippen LogP) is 2.17. The zero-order valence-electron chi connectivity index (χ0n) is 16.5. The molecule has 0 fully saturated rings. The molecule has 0 saturated heterocycles. The Hall–Kier alpha value is -3.74. The zero-order chi connectivity index (χ0) is 23.0. The number of furan rings is 1. The fourth-order valence-electron chi connectivity index (χ4n) is 3.53. The Kier molecular flexibility index (Phi) is 5.65. The van der Waals surface area contributed by atoms with Gasteiger partial charge < -0.3 is 15.1 Å². The maximum Gasteiger partial charge on any atom is 0.433 e. The lowest BCUT2D eigenvalue weighted by Gasteiger charge is -2.28. The van der Waals surface area contributed by atoms with Crippen LogP contribution in [0.15, 0.2) is 28.7 Å². The predicted molar refractivity (Wildman–Crippen MR) is 102 cm³/mol. The summed E-state index contributed by atoms with van der Waals surface area (Å²) in [6, 6.07) is 2.95. The van der Waals surface area contributed by atoms with Crippen LogP contribution in [0.1, 0.15) is 17.7 Å². The van der Waals surface area contributed by atoms with E-state index in [-0.39, 0.29) is 42.3 Å². The molecule has 13 heteroatoms. The van der Waals surface area contributed by atoms with Crippen LogP contribution in [-0.2, 0) is 24.3 Å². The average Bonchev–Trinajstić information content (AvgIpc) is 3.38. The Morgan fingerprint density at radius 1 is 1.22 bits per heavy atom. The molecule has 1 aliphatic heterocycles. The number of fused-ring (bicyclic) bond motifs is 1. The third-order valence-corrected chi connectivity index (χ3v) is 5.13. The number of carbonyl (C=O) groups is 1. The Labute approximate surface area is 178 Å². The summed E-state index contributed by atoms with van der Waals surface area (Å²) in [6.07, 6.45) is -0.301. The number of hydrogen-bond acceptors (Lipinski definition) is 7. The van der Waals surface area contributed by atoms with Crippen molar-refractivity contribution in [2.24, 2.45) is 5.73 Å². The third-order valence-electron chi connectivity index (χ3n) is 5.13. The van der Waals surface area contributed by atoms with Crippen molar-refractivity contribution in [3.63, 3.8) is 0 Å². The topological polar surface area (TPSA) is 133 Å². The van der Waals surface area contributed by atoms with Crippen LogP contribution in [0.25, 0.3) is 11.5 Å². The Morgan fingerprint density at radius 3 is 2.69 bits per heavy atom. The second kappa shape index (κ2) is 8.42. The average molecular weight is 450 g/mol. The van der Waals surface area contributed by atoms with E-state index in [1.165, 1.54) is 17.0 Å². The fraction of sp³-hybridized carbons (Fsp3) is 0.316. The van der Waals surface area contributed by atoms with E-state index in [2.05, 4.69) is 10.3 Å². The number of halogens is 3. The van der Waals surface area contributed by atoms with E-state index in [0.29, 0.717) is 24.8 Å². The molecule has 0 radical (unpaired) electrons. The molecule has 0 unspecified atom stereocenters. The smallest absolute Gasteiger partial charge is 0.399 e. The number of nitro groups is 1. The first kappa shape index (κ1) is 21.5. The molecule has 0 bridgehead atoms. The van der Waals surface area contributed by atoms with Crippen molar-refractivity contribution in [3.8, 4) is 11.5 Å². The highest BCUT2D eigenvalue weighted by molar-refractivity contribution is 5.77. The van der Waals surface area contributed by atoms with Gasteiger partial charge in [0.05, 0.1) is 24.8 Å². The van der Waals surface area contributed by atoms with Gasteiger partial charge in [0.15, 0.2) is 23.1 Å². The summed E-state index contributed by atoms with van der Waals surface area (Å²) in [7, 11) is 0. The van der Waals surface area contributed by atoms with Crippen LogP contribution in [0.4, 0.5) is 19.1 Å². The number of aromatic nitrogens is 3. The molecule has 2 aromatic heterocycles. The van der Waals surface area contributed by atoms with Crippen LogP contribution in [0.5, 0.6) is 0 Å². The minimum absolute atomic E-state index is 0.113. The van der Waals surface area contributed by atoms with Gasteiger partial charge in [-0.2, -0.15) is 0 Å². The summed E-state index contributed by atoms with van der Waals surface area (Å²) in [4.78, 5) is 24.4. The van der Waals surface area contributed by atoms with Gasteiger partial charge >= 0.3 is 5.88 Å². The molecule has 0 saturated carbocycles. The minimum atomic E-state index is -1.30. The van der Waals surface area contributed by atoms with Gasteiger partial charge in [-0.05, 0) is 24.1 Å². The van der Waals surface area contributed by atoms with Crippen molar-refractivity contribution < 1.29 is 27.3 Å². The summed E-state index contributed by atoms with van der Waals surface area (Å²) in [5.74, 6) is -4.05. The number of carbonyl (C=O) groups excluding carboxylic acids is 1. The van der Waals surface area contributed by atoms with E-state index in [4.69, 9.17) is 10.2 Å². The highest BCUT2D eigenvalue weighted by Gasteiger charge is 2.28. The van der Waals surface area contributed by atoms with E-state index < -0.39 is 34.3 Å². The Balaban J connectivity index is 1.44. The van der Waals surface area contributed by atoms with E-state index in [9.17, 15) is 28.1 Å². The largest absolute Gasteiger partial charge is 0.433 e. The molecule has 2 N–H and O–H groups in total. The maximum absolute atomic E-state index is 13.8. The number of nitrogens with two attached hydrogens (primary N) is 1. The van der Waals surface area contributed by atoms with Gasteiger partial charge in [-0.3, -0.25) is 14.9 Å². The Morgan fingerprint density at radius 2 is 1.97 bits per heavy atom. The van der Waals surface area contributed by atoms with Crippen molar-refractivity contribution in [2.45, 2.75) is 32.0 Å². The van der Waals surface area contributed by atoms with Crippen LogP contribution in [0, 0.1) is 27.6 Å². The van der Waals surface area contributed by atoms with Crippen molar-refractivity contribution in [1.82, 2.24) is 19.9 Å². The van der Waals surface area contributed by atoms with Gasteiger partial charge in [0, 0.05) is 25.1 Å². The number of hydrogen-bond donors (Lipinski definition) is 1. The van der Waals surface area contributed by atoms with Crippen molar-refractivity contribution in [2.75, 3.05) is 6.54 Å². The van der Waals surface area contributed by atoms with Crippen LogP contribution < -0.4 is 5.73 Å². The summed E-state index contributed by atoms with van der Waals surface area (Å²) >= 11 is 0. The number of nitrogens with zero attached hydrogens (tertiary/aromatic N) is 5. The van der Waals surface area contributed by atoms with Gasteiger partial charge in [-0.15, -0.1) is 5.10 Å². The molecule has 1 atom stereocenters. The lowest BCUT2D eigenvalue weighted by molar-refractivity contribution is -0.401. The molecule has 1 aromatic carbocycles. The van der Waals surface area contributed by atoms with Crippen LogP contribution in [0.2, 0.25) is 0 Å². The van der Waals surface area contributed by atoms with E-state index in [0.717, 1.165) is 6.07 Å². The molecular weight excluding hydrogens is 433 g/mol. The first-order valence-corrected chi connectivity index (χ1v) is 9.56. The Bertz CT molecular complexity index is 1190. The van der Waals surface area contributed by atoms with Crippen LogP contribution >= 0.6 is 0 Å². The van der Waals surface area contributed by atoms with E-state index >= 15 is 0 Å². The fourth-order valence-corrected chi connectivity index (χ4v) is 3.53. The summed E-state index contributed by atoms with van der Waals surface area (Å²) in [6.45, 7) is 0.769. The molecule has 10 nitrogen and oxygen atoms in total. The second-order valence-electron chi connectivity index (χ2n) is 7.34. The number of rotatable bonds is 6. The monoisotopic (exact) mass is 450 g/mol. The highest BCUT2D eigenvalue weighted by Crippen LogP contribution is 2.29. The first-order chi connectivity index (χ1) is 15.2. The molecule has 32 heavy (non-hydrogen) atoms.